The number of carbonyl (C=O) groups excluding carboxylic acids is 2. The minimum absolute atomic E-state index is 0.128. The first-order chi connectivity index (χ1) is 13.9. The molecule has 0 spiro atoms. The molecule has 0 fully saturated rings. The highest BCUT2D eigenvalue weighted by atomic mass is 32.1. The lowest BCUT2D eigenvalue weighted by Gasteiger charge is -2.18. The number of nitrogens with two attached hydrogens (primary N) is 1. The van der Waals surface area contributed by atoms with Crippen LogP contribution >= 0.6 is 23.6 Å². The predicted molar refractivity (Wildman–Crippen MR) is 120 cm³/mol. The fourth-order valence-electron chi connectivity index (χ4n) is 3.27. The molecule has 0 saturated carbocycles. The van der Waals surface area contributed by atoms with E-state index in [9.17, 15) is 9.59 Å². The monoisotopic (exact) mass is 429 g/mol. The fraction of sp³-hybridized carbons (Fsp3) is 0.286. The quantitative estimate of drug-likeness (QED) is 0.500. The summed E-state index contributed by atoms with van der Waals surface area (Å²) in [4.78, 5) is 25.3. The topological polar surface area (TPSA) is 93.4 Å². The number of hydrogen-bond acceptors (Lipinski definition) is 5. The first-order valence-electron chi connectivity index (χ1n) is 9.25. The van der Waals surface area contributed by atoms with Crippen LogP contribution < -0.4 is 21.1 Å². The highest BCUT2D eigenvalue weighted by Crippen LogP contribution is 2.39. The number of anilines is 1. The molecule has 2 aromatic rings. The van der Waals surface area contributed by atoms with Gasteiger partial charge in [0.2, 0.25) is 5.91 Å². The van der Waals surface area contributed by atoms with Crippen LogP contribution in [-0.4, -0.2) is 24.0 Å². The van der Waals surface area contributed by atoms with E-state index < -0.39 is 5.91 Å². The Morgan fingerprint density at radius 2 is 2.03 bits per heavy atom. The molecule has 29 heavy (non-hydrogen) atoms. The van der Waals surface area contributed by atoms with E-state index in [1.165, 1.54) is 17.4 Å². The summed E-state index contributed by atoms with van der Waals surface area (Å²) in [6.07, 6.45) is 5.85. The lowest BCUT2D eigenvalue weighted by atomic mass is 9.88. The molecule has 0 unspecified atom stereocenters. The number of rotatable bonds is 5. The van der Waals surface area contributed by atoms with E-state index >= 15 is 0 Å². The summed E-state index contributed by atoms with van der Waals surface area (Å²) in [7, 11) is 1.60. The van der Waals surface area contributed by atoms with E-state index in [2.05, 4.69) is 17.6 Å². The zero-order chi connectivity index (χ0) is 21.0. The Morgan fingerprint density at radius 1 is 1.31 bits per heavy atom. The third-order valence-corrected chi connectivity index (χ3v) is 6.14. The van der Waals surface area contributed by atoms with Gasteiger partial charge in [-0.3, -0.25) is 14.9 Å². The van der Waals surface area contributed by atoms with Crippen LogP contribution in [0.25, 0.3) is 6.08 Å². The summed E-state index contributed by atoms with van der Waals surface area (Å²) in [6, 6.07) is 7.31. The number of thiocarbonyl (C=S) groups is 1. The van der Waals surface area contributed by atoms with Gasteiger partial charge in [-0.2, -0.15) is 0 Å². The van der Waals surface area contributed by atoms with Crippen LogP contribution in [0.2, 0.25) is 0 Å². The average Bonchev–Trinajstić information content (AvgIpc) is 3.03. The lowest BCUT2D eigenvalue weighted by Crippen LogP contribution is -2.33. The van der Waals surface area contributed by atoms with Gasteiger partial charge in [0.05, 0.1) is 12.7 Å². The van der Waals surface area contributed by atoms with Crippen molar-refractivity contribution in [2.24, 2.45) is 11.7 Å². The minimum Gasteiger partial charge on any atom is -0.497 e. The predicted octanol–water partition coefficient (Wildman–Crippen LogP) is 3.51. The molecular formula is C21H23N3O3S2. The number of ether oxygens (including phenoxy) is 1. The van der Waals surface area contributed by atoms with Gasteiger partial charge in [0.25, 0.3) is 5.91 Å². The van der Waals surface area contributed by atoms with E-state index in [-0.39, 0.29) is 11.0 Å². The average molecular weight is 430 g/mol. The maximum absolute atomic E-state index is 12.2. The van der Waals surface area contributed by atoms with Crippen molar-refractivity contribution >= 4 is 51.6 Å². The van der Waals surface area contributed by atoms with Gasteiger partial charge in [0.1, 0.15) is 10.8 Å². The van der Waals surface area contributed by atoms with E-state index in [0.29, 0.717) is 16.5 Å². The van der Waals surface area contributed by atoms with Gasteiger partial charge in [-0.1, -0.05) is 19.1 Å². The van der Waals surface area contributed by atoms with Crippen molar-refractivity contribution < 1.29 is 14.3 Å². The van der Waals surface area contributed by atoms with Crippen LogP contribution in [-0.2, 0) is 17.6 Å². The van der Waals surface area contributed by atoms with Gasteiger partial charge in [-0.05, 0) is 66.7 Å². The summed E-state index contributed by atoms with van der Waals surface area (Å²) < 4.78 is 5.11. The molecule has 0 radical (unpaired) electrons. The highest BCUT2D eigenvalue weighted by molar-refractivity contribution is 7.80. The van der Waals surface area contributed by atoms with Crippen molar-refractivity contribution in [3.8, 4) is 5.75 Å². The Balaban J connectivity index is 1.65. The minimum atomic E-state index is -0.479. The van der Waals surface area contributed by atoms with Crippen molar-refractivity contribution in [2.45, 2.75) is 26.2 Å². The lowest BCUT2D eigenvalue weighted by molar-refractivity contribution is -0.115. The Hall–Kier alpha value is -2.71. The Kier molecular flexibility index (Phi) is 6.66. The van der Waals surface area contributed by atoms with Crippen LogP contribution in [0.15, 0.2) is 30.3 Å². The Bertz CT molecular complexity index is 964. The summed E-state index contributed by atoms with van der Waals surface area (Å²) in [5.74, 6) is 0.474. The normalized spacial score (nSPS) is 15.6. The second-order valence-corrected chi connectivity index (χ2v) is 8.48. The smallest absolute Gasteiger partial charge is 0.251 e. The number of primary amides is 1. The van der Waals surface area contributed by atoms with Gasteiger partial charge >= 0.3 is 0 Å². The van der Waals surface area contributed by atoms with Crippen molar-refractivity contribution in [1.29, 1.82) is 0 Å². The summed E-state index contributed by atoms with van der Waals surface area (Å²) in [5, 5.41) is 6.30. The number of hydrogen-bond donors (Lipinski definition) is 3. The van der Waals surface area contributed by atoms with Crippen LogP contribution in [0, 0.1) is 5.92 Å². The molecule has 0 saturated heterocycles. The molecule has 8 heteroatoms. The van der Waals surface area contributed by atoms with Crippen LogP contribution in [0.5, 0.6) is 5.75 Å². The van der Waals surface area contributed by atoms with Crippen molar-refractivity contribution in [3.63, 3.8) is 0 Å². The zero-order valence-corrected chi connectivity index (χ0v) is 17.9. The van der Waals surface area contributed by atoms with Crippen molar-refractivity contribution in [2.75, 3.05) is 12.4 Å². The first kappa shape index (κ1) is 21.0. The molecule has 152 valence electrons. The van der Waals surface area contributed by atoms with E-state index in [1.807, 2.05) is 24.3 Å². The van der Waals surface area contributed by atoms with Crippen LogP contribution in [0.1, 0.15) is 39.7 Å². The van der Waals surface area contributed by atoms with E-state index in [0.717, 1.165) is 41.0 Å². The molecule has 1 aliphatic rings. The summed E-state index contributed by atoms with van der Waals surface area (Å²) in [5.41, 5.74) is 7.96. The molecule has 2 amide bonds. The number of methoxy groups -OCH3 is 1. The number of fused-ring (bicyclic) bond motifs is 1. The first-order valence-corrected chi connectivity index (χ1v) is 10.5. The second-order valence-electron chi connectivity index (χ2n) is 6.97. The summed E-state index contributed by atoms with van der Waals surface area (Å²) in [6.45, 7) is 2.19. The molecule has 1 aromatic heterocycles. The fourth-order valence-corrected chi connectivity index (χ4v) is 4.96. The van der Waals surface area contributed by atoms with Gasteiger partial charge < -0.3 is 15.8 Å². The standard InChI is InChI=1S/C21H23N3O3S2/c1-12-3-9-15-16(11-12)29-20(18(15)19(22)26)24-21(28)23-17(25)10-6-13-4-7-14(27-2)8-5-13/h4-8,10,12H,3,9,11H2,1-2H3,(H2,22,26)(H2,23,24,25,28)/b10-6+/t12-/m1/s1. The molecular weight excluding hydrogens is 406 g/mol. The largest absolute Gasteiger partial charge is 0.497 e. The van der Waals surface area contributed by atoms with Gasteiger partial charge in [0.15, 0.2) is 5.11 Å². The van der Waals surface area contributed by atoms with Gasteiger partial charge in [-0.15, -0.1) is 11.3 Å². The second kappa shape index (κ2) is 9.19. The van der Waals surface area contributed by atoms with E-state index in [1.54, 1.807) is 13.2 Å². The molecule has 0 bridgehead atoms. The highest BCUT2D eigenvalue weighted by Gasteiger charge is 2.26. The Morgan fingerprint density at radius 3 is 2.69 bits per heavy atom. The van der Waals surface area contributed by atoms with Gasteiger partial charge in [0, 0.05) is 11.0 Å². The number of carbonyl (C=O) groups is 2. The third-order valence-electron chi connectivity index (χ3n) is 4.76. The van der Waals surface area contributed by atoms with Crippen LogP contribution in [0.4, 0.5) is 5.00 Å². The van der Waals surface area contributed by atoms with Gasteiger partial charge in [-0.25, -0.2) is 0 Å². The number of nitrogens with one attached hydrogen (secondary N) is 2. The number of thiophene rings is 1. The molecule has 1 aliphatic carbocycles. The number of amides is 2. The Labute approximate surface area is 179 Å². The van der Waals surface area contributed by atoms with Crippen LogP contribution in [0.3, 0.4) is 0 Å². The molecule has 3 rings (SSSR count). The van der Waals surface area contributed by atoms with Crippen molar-refractivity contribution in [1.82, 2.24) is 5.32 Å². The molecule has 1 aromatic carbocycles. The third kappa shape index (κ3) is 5.21. The molecule has 1 heterocycles. The zero-order valence-electron chi connectivity index (χ0n) is 16.3. The molecule has 4 N–H and O–H groups in total. The summed E-state index contributed by atoms with van der Waals surface area (Å²) >= 11 is 6.73. The number of benzene rings is 1. The maximum Gasteiger partial charge on any atom is 0.251 e. The SMILES string of the molecule is COc1ccc(/C=C/C(=O)NC(=S)Nc2sc3c(c2C(N)=O)CC[C@@H](C)C3)cc1. The van der Waals surface area contributed by atoms with E-state index in [4.69, 9.17) is 22.7 Å². The maximum atomic E-state index is 12.2. The molecule has 6 nitrogen and oxygen atoms in total. The molecule has 1 atom stereocenters. The molecule has 0 aliphatic heterocycles. The van der Waals surface area contributed by atoms with Crippen molar-refractivity contribution in [3.05, 3.63) is 51.9 Å².